The Morgan fingerprint density at radius 2 is 0.588 bits per heavy atom. The number of aromatic amines is 5. The minimum atomic E-state index is -0.496. The van der Waals surface area contributed by atoms with Crippen LogP contribution in [0.1, 0.15) is 323 Å². The van der Waals surface area contributed by atoms with E-state index in [4.69, 9.17) is 4.74 Å². The van der Waals surface area contributed by atoms with E-state index in [0.717, 1.165) is 190 Å². The molecule has 3 atom stereocenters. The van der Waals surface area contributed by atoms with Gasteiger partial charge >= 0.3 is 0 Å². The van der Waals surface area contributed by atoms with Crippen LogP contribution < -0.4 is 4.74 Å². The van der Waals surface area contributed by atoms with Crippen molar-refractivity contribution in [3.8, 4) is 5.75 Å². The van der Waals surface area contributed by atoms with Gasteiger partial charge in [-0.25, -0.2) is 0 Å². The highest BCUT2D eigenvalue weighted by molar-refractivity contribution is 6.05. The Morgan fingerprint density at radius 3 is 0.983 bits per heavy atom. The van der Waals surface area contributed by atoms with E-state index in [9.17, 15) is 24.0 Å². The summed E-state index contributed by atoms with van der Waals surface area (Å²) in [4.78, 5) is 66.2. The van der Waals surface area contributed by atoms with Gasteiger partial charge in [0.1, 0.15) is 12.4 Å². The number of nitrogens with zero attached hydrogens (tertiary/aromatic N) is 5. The molecule has 23 rings (SSSR count). The first-order chi connectivity index (χ1) is 56.6. The molecule has 14 aliphatic carbocycles. The van der Waals surface area contributed by atoms with Gasteiger partial charge in [0.15, 0.2) is 28.9 Å². The number of para-hydroxylation sites is 1. The molecule has 119 heavy (non-hydrogen) atoms. The Kier molecular flexibility index (Phi) is 18.7. The van der Waals surface area contributed by atoms with E-state index in [1.807, 2.05) is 18.2 Å². The zero-order chi connectivity index (χ0) is 83.3. The van der Waals surface area contributed by atoms with Crippen LogP contribution in [0.4, 0.5) is 0 Å². The summed E-state index contributed by atoms with van der Waals surface area (Å²) >= 11 is 0. The van der Waals surface area contributed by atoms with Crippen LogP contribution in [0.2, 0.25) is 0 Å². The lowest BCUT2D eigenvalue weighted by Crippen LogP contribution is -2.44. The van der Waals surface area contributed by atoms with Crippen molar-refractivity contribution in [2.75, 3.05) is 6.61 Å². The van der Waals surface area contributed by atoms with Gasteiger partial charge in [-0.3, -0.25) is 49.5 Å². The number of nitrogens with one attached hydrogen (secondary N) is 5. The predicted octanol–water partition coefficient (Wildman–Crippen LogP) is 20.3. The highest BCUT2D eigenvalue weighted by atomic mass is 16.5. The summed E-state index contributed by atoms with van der Waals surface area (Å²) < 4.78 is 6.09. The summed E-state index contributed by atoms with van der Waals surface area (Å²) in [6.45, 7) is 33.2. The molecule has 2 fully saturated rings. The third-order valence-corrected chi connectivity index (χ3v) is 31.0. The van der Waals surface area contributed by atoms with Gasteiger partial charge in [0, 0.05) is 165 Å². The number of allylic oxidation sites excluding steroid dienone is 9. The monoisotopic (exact) mass is 1590 g/mol. The molecule has 16 nitrogen and oxygen atoms in total. The number of carbonyl (C=O) groups excluding carboxylic acids is 5. The number of hydrogen-bond acceptors (Lipinski definition) is 11. The number of fused-ring (bicyclic) bond motifs is 21. The van der Waals surface area contributed by atoms with Crippen LogP contribution in [0.3, 0.4) is 0 Å². The SMILES string of the molecule is Cc1[nH]nc2c1C1(CCCC1)C1=C(C2)CC(C)(C)CC1=O.Cc1[nH]nc2c1C1(CCCCC1)C1=C(C2)CC(C)(C)CC1=O.Cc1[nH]nc2c1C1(CCCc3ccccc31)C1=C(C2)CC(C)(C)CC1=O.Cc1[nH]nc2c1C1(CCc3ccccc31)C1=C(C2)CC(C)(C)CC1=O.Cc1[nH]nc2c1C1(COc3ccccc31)C1=C(C2)CC(C)(C)CC1=O. The van der Waals surface area contributed by atoms with E-state index in [-0.39, 0.29) is 54.5 Å². The van der Waals surface area contributed by atoms with Crippen LogP contribution in [-0.2, 0) is 96.0 Å². The molecule has 5 N–H and O–H groups in total. The van der Waals surface area contributed by atoms with Crippen LogP contribution in [0.25, 0.3) is 0 Å². The number of aromatic nitrogens is 10. The maximum absolute atomic E-state index is 13.5. The molecule has 6 heterocycles. The van der Waals surface area contributed by atoms with Crippen LogP contribution in [0.15, 0.2) is 129 Å². The summed E-state index contributed by atoms with van der Waals surface area (Å²) in [6.07, 6.45) is 28.6. The molecule has 2 saturated carbocycles. The van der Waals surface area contributed by atoms with Gasteiger partial charge in [-0.15, -0.1) is 0 Å². The molecule has 3 aromatic carbocycles. The fourth-order valence-corrected chi connectivity index (χ4v) is 27.7. The number of ether oxygens (including phenoxy) is 1. The number of aryl methyl sites for hydroxylation is 7. The second-order valence-electron chi connectivity index (χ2n) is 42.9. The summed E-state index contributed by atoms with van der Waals surface area (Å²) in [5, 5.41) is 39.1. The van der Waals surface area contributed by atoms with Gasteiger partial charge in [-0.1, -0.05) is 196 Å². The molecule has 620 valence electrons. The van der Waals surface area contributed by atoms with E-state index in [2.05, 4.69) is 209 Å². The number of carbonyl (C=O) groups is 5. The van der Waals surface area contributed by atoms with Crippen molar-refractivity contribution in [1.29, 1.82) is 0 Å². The Bertz CT molecular complexity index is 5660. The molecule has 0 radical (unpaired) electrons. The van der Waals surface area contributed by atoms with E-state index >= 15 is 0 Å². The first-order valence-electron chi connectivity index (χ1n) is 45.0. The summed E-state index contributed by atoms with van der Waals surface area (Å²) in [5.74, 6) is 2.71. The lowest BCUT2D eigenvalue weighted by Gasteiger charge is -2.48. The largest absolute Gasteiger partial charge is 0.492 e. The third kappa shape index (κ3) is 12.5. The lowest BCUT2D eigenvalue weighted by atomic mass is 9.54. The molecule has 5 aromatic heterocycles. The summed E-state index contributed by atoms with van der Waals surface area (Å²) in [6, 6.07) is 25.6. The molecule has 0 saturated heterocycles. The van der Waals surface area contributed by atoms with Gasteiger partial charge in [-0.05, 0) is 180 Å². The Balaban J connectivity index is 0.0000000988. The van der Waals surface area contributed by atoms with Crippen LogP contribution in [-0.4, -0.2) is 86.5 Å². The highest BCUT2D eigenvalue weighted by Crippen LogP contribution is 2.64. The second kappa shape index (κ2) is 28.1. The molecule has 0 bridgehead atoms. The highest BCUT2D eigenvalue weighted by Gasteiger charge is 2.60. The smallest absolute Gasteiger partial charge is 0.160 e. The maximum Gasteiger partial charge on any atom is 0.160 e. The van der Waals surface area contributed by atoms with Crippen LogP contribution in [0.5, 0.6) is 5.75 Å². The number of hydrogen-bond donors (Lipinski definition) is 5. The topological polar surface area (TPSA) is 238 Å². The zero-order valence-electron chi connectivity index (χ0n) is 73.3. The molecule has 1 aliphatic heterocycles. The Hall–Kier alpha value is -9.44. The van der Waals surface area contributed by atoms with Crippen molar-refractivity contribution in [3.63, 3.8) is 0 Å². The maximum atomic E-state index is 13.5. The van der Waals surface area contributed by atoms with Gasteiger partial charge in [0.05, 0.1) is 44.7 Å². The first-order valence-corrected chi connectivity index (χ1v) is 45.0. The molecule has 0 amide bonds. The van der Waals surface area contributed by atoms with Crippen LogP contribution >= 0.6 is 0 Å². The van der Waals surface area contributed by atoms with Crippen molar-refractivity contribution < 1.29 is 28.7 Å². The molecular weight excluding hydrogens is 1470 g/mol. The van der Waals surface area contributed by atoms with Gasteiger partial charge in [0.25, 0.3) is 0 Å². The van der Waals surface area contributed by atoms with E-state index in [1.165, 1.54) is 138 Å². The van der Waals surface area contributed by atoms with Gasteiger partial charge in [0.2, 0.25) is 0 Å². The molecular formula is C103H122N10O6. The van der Waals surface area contributed by atoms with Gasteiger partial charge < -0.3 is 4.74 Å². The van der Waals surface area contributed by atoms with Crippen molar-refractivity contribution >= 4 is 28.9 Å². The normalized spacial score (nSPS) is 26.3. The molecule has 15 aliphatic rings. The second-order valence-corrected chi connectivity index (χ2v) is 42.9. The van der Waals surface area contributed by atoms with Gasteiger partial charge in [-0.2, -0.15) is 25.5 Å². The minimum Gasteiger partial charge on any atom is -0.492 e. The standard InChI is InChI=1S/C23H26N2O.C22H24N2O.C21H22N2O2.C19H26N2O.C18H24N2O/c1-14-20-18(25-24-14)11-16-12-22(2,3)13-19(26)21(16)23(20)10-6-8-15-7-4-5-9-17(15)23;1-13-19-17(24-23-13)10-15-11-21(2,3)12-18(25)20(15)22(19)9-8-14-6-4-5-7-16(14)22;1-12-18-15(23-22-12)8-13-9-20(2,3)10-16(24)19(13)21(18)11-25-17-7-5-4-6-14(17)21;1-12-16-14(21-20-12)9-13-10-18(2,3)11-15(22)17(13)19(16)7-5-4-6-8-19;1-11-15-13(20-19-11)8-12-9-17(2,3)10-14(21)16(12)18(15)6-4-5-7-18/h4-5,7,9H,6,8,10-13H2,1-3H3,(H,24,25);4-7H,8-12H2,1-3H3,(H,23,24);4-7H,8-11H2,1-3H3,(H,22,23);4-11H2,1-3H3,(H,20,21);4-10H2,1-3H3,(H,19,20). The Labute approximate surface area is 702 Å². The summed E-state index contributed by atoms with van der Waals surface area (Å²) in [5.41, 5.74) is 36.0. The van der Waals surface area contributed by atoms with Crippen LogP contribution in [0, 0.1) is 61.7 Å². The molecule has 8 aromatic rings. The predicted molar refractivity (Wildman–Crippen MR) is 464 cm³/mol. The average Bonchev–Trinajstić information content (AvgIpc) is 1.36. The molecule has 3 unspecified atom stereocenters. The average molecular weight is 1600 g/mol. The molecule has 5 spiro atoms. The van der Waals surface area contributed by atoms with Crippen molar-refractivity contribution in [2.45, 2.75) is 317 Å². The number of benzene rings is 3. The van der Waals surface area contributed by atoms with E-state index in [1.54, 1.807) is 0 Å². The minimum absolute atomic E-state index is 0.00637. The van der Waals surface area contributed by atoms with Crippen molar-refractivity contribution in [2.24, 2.45) is 27.1 Å². The van der Waals surface area contributed by atoms with Crippen molar-refractivity contribution in [1.82, 2.24) is 51.0 Å². The fraction of sp³-hybridized carbons (Fsp3) is 0.534. The first kappa shape index (κ1) is 79.4. The Morgan fingerprint density at radius 1 is 0.294 bits per heavy atom. The third-order valence-electron chi connectivity index (χ3n) is 31.0. The number of ketones is 5. The fourth-order valence-electron chi connectivity index (χ4n) is 27.7. The van der Waals surface area contributed by atoms with E-state index < -0.39 is 5.41 Å². The number of Topliss-reactive ketones (excluding diaryl/α,β-unsaturated/α-hetero) is 5. The lowest BCUT2D eigenvalue weighted by molar-refractivity contribution is -0.120. The quantitative estimate of drug-likeness (QED) is 0.0957. The molecule has 16 heteroatoms. The zero-order valence-corrected chi connectivity index (χ0v) is 73.3. The summed E-state index contributed by atoms with van der Waals surface area (Å²) in [7, 11) is 0. The number of rotatable bonds is 0. The van der Waals surface area contributed by atoms with E-state index in [0.29, 0.717) is 61.8 Å². The van der Waals surface area contributed by atoms with Crippen molar-refractivity contribution in [3.05, 3.63) is 241 Å². The number of H-pyrrole nitrogens is 5.